The number of nitrogens with zero attached hydrogens (tertiary/aromatic N) is 4. The summed E-state index contributed by atoms with van der Waals surface area (Å²) in [7, 11) is 0. The molecular weight excluding hydrogens is 312 g/mol. The van der Waals surface area contributed by atoms with Crippen LogP contribution in [0.3, 0.4) is 0 Å². The minimum Gasteiger partial charge on any atom is -0.333 e. The number of amides is 1. The Kier molecular flexibility index (Phi) is 5.57. The summed E-state index contributed by atoms with van der Waals surface area (Å²) in [5, 5.41) is 8.18. The predicted octanol–water partition coefficient (Wildman–Crippen LogP) is 3.38. The summed E-state index contributed by atoms with van der Waals surface area (Å²) < 4.78 is 1.70. The highest BCUT2D eigenvalue weighted by molar-refractivity contribution is 5.91. The number of rotatable bonds is 7. The van der Waals surface area contributed by atoms with E-state index >= 15 is 0 Å². The van der Waals surface area contributed by atoms with E-state index in [0.717, 1.165) is 17.5 Å². The van der Waals surface area contributed by atoms with Crippen LogP contribution in [0.5, 0.6) is 0 Å². The summed E-state index contributed by atoms with van der Waals surface area (Å²) in [6.07, 6.45) is 2.62. The molecule has 5 nitrogen and oxygen atoms in total. The Balaban J connectivity index is 1.71. The number of hydrogen-bond acceptors (Lipinski definition) is 3. The van der Waals surface area contributed by atoms with E-state index in [4.69, 9.17) is 0 Å². The Labute approximate surface area is 147 Å². The zero-order valence-corrected chi connectivity index (χ0v) is 14.4. The molecule has 0 saturated heterocycles. The molecule has 1 amide bonds. The summed E-state index contributed by atoms with van der Waals surface area (Å²) in [4.78, 5) is 14.6. The van der Waals surface area contributed by atoms with Gasteiger partial charge < -0.3 is 4.90 Å². The van der Waals surface area contributed by atoms with E-state index in [-0.39, 0.29) is 5.91 Å². The number of aromatic nitrogens is 3. The first-order valence-electron chi connectivity index (χ1n) is 8.53. The molecule has 0 atom stereocenters. The van der Waals surface area contributed by atoms with E-state index in [0.29, 0.717) is 25.3 Å². The van der Waals surface area contributed by atoms with Gasteiger partial charge in [0, 0.05) is 13.1 Å². The molecule has 0 unspecified atom stereocenters. The van der Waals surface area contributed by atoms with Gasteiger partial charge in [-0.25, -0.2) is 4.68 Å². The highest BCUT2D eigenvalue weighted by Crippen LogP contribution is 2.10. The second-order valence-electron chi connectivity index (χ2n) is 6.00. The van der Waals surface area contributed by atoms with Crippen molar-refractivity contribution in [1.29, 1.82) is 0 Å². The zero-order valence-electron chi connectivity index (χ0n) is 14.4. The maximum Gasteiger partial charge on any atom is 0.276 e. The minimum atomic E-state index is -0.0787. The van der Waals surface area contributed by atoms with Crippen LogP contribution in [-0.2, 0) is 13.1 Å². The van der Waals surface area contributed by atoms with Crippen molar-refractivity contribution in [3.8, 4) is 0 Å². The van der Waals surface area contributed by atoms with Crippen LogP contribution < -0.4 is 0 Å². The van der Waals surface area contributed by atoms with Crippen LogP contribution >= 0.6 is 0 Å². The first kappa shape index (κ1) is 16.9. The third-order valence-electron chi connectivity index (χ3n) is 3.94. The Hall–Kier alpha value is -2.95. The average molecular weight is 334 g/mol. The van der Waals surface area contributed by atoms with Crippen LogP contribution in [0.15, 0.2) is 66.9 Å². The summed E-state index contributed by atoms with van der Waals surface area (Å²) in [6.45, 7) is 3.95. The van der Waals surface area contributed by atoms with Crippen molar-refractivity contribution in [2.24, 2.45) is 0 Å². The van der Waals surface area contributed by atoms with E-state index in [2.05, 4.69) is 17.2 Å². The van der Waals surface area contributed by atoms with Crippen LogP contribution in [0.4, 0.5) is 0 Å². The van der Waals surface area contributed by atoms with Gasteiger partial charge in [0.2, 0.25) is 0 Å². The number of carbonyl (C=O) groups excluding carboxylic acids is 1. The van der Waals surface area contributed by atoms with Crippen molar-refractivity contribution >= 4 is 5.91 Å². The van der Waals surface area contributed by atoms with Crippen molar-refractivity contribution < 1.29 is 4.79 Å². The highest BCUT2D eigenvalue weighted by Gasteiger charge is 2.19. The van der Waals surface area contributed by atoms with Gasteiger partial charge in [-0.1, -0.05) is 72.8 Å². The normalized spacial score (nSPS) is 10.6. The Morgan fingerprint density at radius 3 is 2.28 bits per heavy atom. The molecule has 0 fully saturated rings. The van der Waals surface area contributed by atoms with Gasteiger partial charge >= 0.3 is 0 Å². The van der Waals surface area contributed by atoms with Crippen molar-refractivity contribution in [3.63, 3.8) is 0 Å². The fourth-order valence-corrected chi connectivity index (χ4v) is 2.73. The fraction of sp³-hybridized carbons (Fsp3) is 0.250. The molecule has 0 aliphatic rings. The quantitative estimate of drug-likeness (QED) is 0.665. The lowest BCUT2D eigenvalue weighted by Crippen LogP contribution is -2.31. The van der Waals surface area contributed by atoms with E-state index in [9.17, 15) is 4.79 Å². The van der Waals surface area contributed by atoms with Crippen molar-refractivity contribution in [1.82, 2.24) is 19.9 Å². The molecule has 2 aromatic carbocycles. The summed E-state index contributed by atoms with van der Waals surface area (Å²) >= 11 is 0. The molecule has 0 N–H and O–H groups in total. The smallest absolute Gasteiger partial charge is 0.276 e. The lowest BCUT2D eigenvalue weighted by molar-refractivity contribution is 0.0737. The third-order valence-corrected chi connectivity index (χ3v) is 3.94. The zero-order chi connectivity index (χ0) is 17.5. The Morgan fingerprint density at radius 2 is 1.64 bits per heavy atom. The average Bonchev–Trinajstić information content (AvgIpc) is 3.11. The van der Waals surface area contributed by atoms with Gasteiger partial charge in [0.1, 0.15) is 0 Å². The first-order chi connectivity index (χ1) is 12.3. The number of hydrogen-bond donors (Lipinski definition) is 0. The third kappa shape index (κ3) is 4.53. The molecule has 0 aliphatic carbocycles. The maximum atomic E-state index is 12.8. The molecule has 25 heavy (non-hydrogen) atoms. The number of carbonyl (C=O) groups is 1. The van der Waals surface area contributed by atoms with Gasteiger partial charge in [0.15, 0.2) is 5.69 Å². The maximum absolute atomic E-state index is 12.8. The topological polar surface area (TPSA) is 51.0 Å². The van der Waals surface area contributed by atoms with Gasteiger partial charge in [-0.05, 0) is 17.5 Å². The SMILES string of the molecule is CCCN(Cc1ccccc1)C(=O)c1cn(Cc2ccccc2)nn1. The molecule has 3 aromatic rings. The van der Waals surface area contributed by atoms with Crippen LogP contribution in [0, 0.1) is 0 Å². The van der Waals surface area contributed by atoms with E-state index in [1.165, 1.54) is 0 Å². The standard InChI is InChI=1S/C20H22N4O/c1-2-13-23(14-17-9-5-3-6-10-17)20(25)19-16-24(22-21-19)15-18-11-7-4-8-12-18/h3-12,16H,2,13-15H2,1H3. The first-order valence-corrected chi connectivity index (χ1v) is 8.53. The lowest BCUT2D eigenvalue weighted by Gasteiger charge is -2.21. The van der Waals surface area contributed by atoms with Crippen LogP contribution in [-0.4, -0.2) is 32.3 Å². The largest absolute Gasteiger partial charge is 0.333 e. The monoisotopic (exact) mass is 334 g/mol. The van der Waals surface area contributed by atoms with Gasteiger partial charge in [0.05, 0.1) is 12.7 Å². The second kappa shape index (κ2) is 8.24. The molecule has 0 bridgehead atoms. The molecule has 0 saturated carbocycles. The van der Waals surface area contributed by atoms with Gasteiger partial charge in [-0.15, -0.1) is 5.10 Å². The molecule has 128 valence electrons. The molecular formula is C20H22N4O. The van der Waals surface area contributed by atoms with Crippen LogP contribution in [0.25, 0.3) is 0 Å². The van der Waals surface area contributed by atoms with Crippen molar-refractivity contribution in [2.45, 2.75) is 26.4 Å². The van der Waals surface area contributed by atoms with Crippen LogP contribution in [0.2, 0.25) is 0 Å². The molecule has 0 aliphatic heterocycles. The minimum absolute atomic E-state index is 0.0787. The Morgan fingerprint density at radius 1 is 1.00 bits per heavy atom. The fourth-order valence-electron chi connectivity index (χ4n) is 2.73. The molecule has 5 heteroatoms. The summed E-state index contributed by atoms with van der Waals surface area (Å²) in [5.41, 5.74) is 2.63. The van der Waals surface area contributed by atoms with Gasteiger partial charge in [-0.2, -0.15) is 0 Å². The molecule has 1 aromatic heterocycles. The van der Waals surface area contributed by atoms with Gasteiger partial charge in [-0.3, -0.25) is 4.79 Å². The summed E-state index contributed by atoms with van der Waals surface area (Å²) in [6, 6.07) is 20.0. The van der Waals surface area contributed by atoms with E-state index < -0.39 is 0 Å². The van der Waals surface area contributed by atoms with Crippen molar-refractivity contribution in [3.05, 3.63) is 83.7 Å². The van der Waals surface area contributed by atoms with E-state index in [1.807, 2.05) is 65.6 Å². The molecule has 3 rings (SSSR count). The number of benzene rings is 2. The Bertz CT molecular complexity index is 799. The van der Waals surface area contributed by atoms with Crippen molar-refractivity contribution in [2.75, 3.05) is 6.54 Å². The lowest BCUT2D eigenvalue weighted by atomic mass is 10.2. The predicted molar refractivity (Wildman–Crippen MR) is 97.0 cm³/mol. The molecule has 1 heterocycles. The molecule has 0 spiro atoms. The highest BCUT2D eigenvalue weighted by atomic mass is 16.2. The van der Waals surface area contributed by atoms with Gasteiger partial charge in [0.25, 0.3) is 5.91 Å². The molecule has 0 radical (unpaired) electrons. The second-order valence-corrected chi connectivity index (χ2v) is 6.00. The van der Waals surface area contributed by atoms with E-state index in [1.54, 1.807) is 10.9 Å². The van der Waals surface area contributed by atoms with Crippen LogP contribution in [0.1, 0.15) is 35.0 Å². The summed E-state index contributed by atoms with van der Waals surface area (Å²) in [5.74, 6) is -0.0787.